The molecule has 3 N–H and O–H groups in total. The highest BCUT2D eigenvalue weighted by Crippen LogP contribution is 2.42. The molecule has 0 bridgehead atoms. The molecular weight excluding hydrogens is 772 g/mol. The van der Waals surface area contributed by atoms with Gasteiger partial charge in [0, 0.05) is 91.8 Å². The van der Waals surface area contributed by atoms with E-state index in [1.165, 1.54) is 0 Å². The fourth-order valence-electron chi connectivity index (χ4n) is 7.02. The molecule has 2 aliphatic heterocycles. The van der Waals surface area contributed by atoms with Gasteiger partial charge in [-0.2, -0.15) is 0 Å². The summed E-state index contributed by atoms with van der Waals surface area (Å²) in [5, 5.41) is 10.1. The van der Waals surface area contributed by atoms with E-state index in [1.54, 1.807) is 76.4 Å². The lowest BCUT2D eigenvalue weighted by molar-refractivity contribution is -0.130. The molecule has 6 rings (SSSR count). The molecule has 2 aromatic carbocycles. The third-order valence-corrected chi connectivity index (χ3v) is 10.8. The van der Waals surface area contributed by atoms with Crippen LogP contribution in [0.15, 0.2) is 60.9 Å². The van der Waals surface area contributed by atoms with Gasteiger partial charge in [-0.3, -0.25) is 14.6 Å². The molecule has 15 heteroatoms. The zero-order chi connectivity index (χ0) is 40.9. The van der Waals surface area contributed by atoms with Crippen LogP contribution in [0.3, 0.4) is 0 Å². The number of piperidine rings is 1. The SMILES string of the molecule is COc1cc(-c2nccc(-c3cccc(Nc4nccc(CNC5CCN(C(C)=O)CC5)c4F)c3Cl)c2Cl)ccc1CN(C[C@@H]1CCC(=O)N1)C(=O)OC(C)(C)C. The summed E-state index contributed by atoms with van der Waals surface area (Å²) in [5.74, 6) is 0.0810. The van der Waals surface area contributed by atoms with Gasteiger partial charge in [0.05, 0.1) is 35.1 Å². The van der Waals surface area contributed by atoms with Crippen LogP contribution < -0.4 is 20.7 Å². The third-order valence-electron chi connectivity index (χ3n) is 10.0. The first-order chi connectivity index (χ1) is 27.2. The number of pyridine rings is 2. The van der Waals surface area contributed by atoms with E-state index in [1.807, 2.05) is 29.2 Å². The van der Waals surface area contributed by atoms with Gasteiger partial charge in [-0.05, 0) is 64.3 Å². The fraction of sp³-hybridized carbons (Fsp3) is 0.405. The van der Waals surface area contributed by atoms with E-state index in [-0.39, 0.29) is 42.8 Å². The van der Waals surface area contributed by atoms with E-state index >= 15 is 4.39 Å². The van der Waals surface area contributed by atoms with Gasteiger partial charge >= 0.3 is 6.09 Å². The first-order valence-corrected chi connectivity index (χ1v) is 19.7. The Kier molecular flexibility index (Phi) is 13.2. The molecule has 1 atom stereocenters. The van der Waals surface area contributed by atoms with Crippen LogP contribution in [0.2, 0.25) is 10.0 Å². The van der Waals surface area contributed by atoms with Crippen molar-refractivity contribution in [1.29, 1.82) is 0 Å². The molecule has 0 unspecified atom stereocenters. The summed E-state index contributed by atoms with van der Waals surface area (Å²) in [5.41, 5.74) is 3.26. The smallest absolute Gasteiger partial charge is 0.410 e. The second-order valence-corrected chi connectivity index (χ2v) is 16.1. The van der Waals surface area contributed by atoms with Crippen molar-refractivity contribution in [2.24, 2.45) is 0 Å². The van der Waals surface area contributed by atoms with Crippen LogP contribution in [0.5, 0.6) is 5.75 Å². The van der Waals surface area contributed by atoms with Crippen molar-refractivity contribution in [2.75, 3.05) is 32.1 Å². The minimum absolute atomic E-state index is 0.0340. The van der Waals surface area contributed by atoms with Gasteiger partial charge in [0.1, 0.15) is 11.4 Å². The van der Waals surface area contributed by atoms with Gasteiger partial charge in [-0.1, -0.05) is 47.5 Å². The molecule has 0 spiro atoms. The molecule has 0 radical (unpaired) electrons. The topological polar surface area (TPSA) is 138 Å². The summed E-state index contributed by atoms with van der Waals surface area (Å²) in [7, 11) is 1.55. The summed E-state index contributed by atoms with van der Waals surface area (Å²) in [6.07, 6.45) is 5.33. The van der Waals surface area contributed by atoms with Crippen LogP contribution in [0.1, 0.15) is 64.5 Å². The lowest BCUT2D eigenvalue weighted by Crippen LogP contribution is -2.44. The van der Waals surface area contributed by atoms with E-state index in [2.05, 4.69) is 25.9 Å². The van der Waals surface area contributed by atoms with Gasteiger partial charge in [0.2, 0.25) is 11.8 Å². The molecule has 2 aliphatic rings. The molecular formula is C42H48Cl2FN7O5. The zero-order valence-electron chi connectivity index (χ0n) is 32.8. The van der Waals surface area contributed by atoms with Gasteiger partial charge in [0.15, 0.2) is 11.6 Å². The van der Waals surface area contributed by atoms with Gasteiger partial charge < -0.3 is 35.2 Å². The minimum atomic E-state index is -0.707. The molecule has 0 aliphatic carbocycles. The van der Waals surface area contributed by atoms with Gasteiger partial charge in [0.25, 0.3) is 0 Å². The van der Waals surface area contributed by atoms with E-state index < -0.39 is 17.5 Å². The first kappa shape index (κ1) is 41.6. The average molecular weight is 821 g/mol. The highest BCUT2D eigenvalue weighted by Gasteiger charge is 2.29. The van der Waals surface area contributed by atoms with Crippen LogP contribution in [0.25, 0.3) is 22.4 Å². The van der Waals surface area contributed by atoms with Crippen LogP contribution in [-0.2, 0) is 27.4 Å². The number of rotatable bonds is 12. The number of aromatic nitrogens is 2. The van der Waals surface area contributed by atoms with Crippen molar-refractivity contribution in [1.82, 2.24) is 30.4 Å². The highest BCUT2D eigenvalue weighted by molar-refractivity contribution is 6.39. The lowest BCUT2D eigenvalue weighted by Gasteiger charge is -2.31. The number of methoxy groups -OCH3 is 1. The van der Waals surface area contributed by atoms with Gasteiger partial charge in [-0.25, -0.2) is 14.2 Å². The standard InChI is InChI=1S/C42H48Cl2FN7O5/c1-25(53)51-19-15-29(16-20-51)48-22-27-13-17-47-40(38(27)45)50-33-8-6-7-31(36(33)43)32-14-18-46-39(37(32)44)26-9-10-28(34(21-26)56-5)23-52(41(55)57-42(2,3)4)24-30-11-12-35(54)49-30/h6-10,13-14,17-18,21,29-30,48H,11-12,15-16,19-20,22-24H2,1-5H3,(H,47,50)(H,49,54)/t30-/m0/s1. The normalized spacial score (nSPS) is 16.0. The van der Waals surface area contributed by atoms with Crippen LogP contribution in [0.4, 0.5) is 20.7 Å². The number of hydrogen-bond donors (Lipinski definition) is 3. The molecule has 12 nitrogen and oxygen atoms in total. The average Bonchev–Trinajstić information content (AvgIpc) is 3.59. The zero-order valence-corrected chi connectivity index (χ0v) is 34.3. The number of benzene rings is 2. The Labute approximate surface area is 342 Å². The monoisotopic (exact) mass is 819 g/mol. The fourth-order valence-corrected chi connectivity index (χ4v) is 7.61. The number of halogens is 3. The number of likely N-dealkylation sites (tertiary alicyclic amines) is 1. The van der Waals surface area contributed by atoms with E-state index in [9.17, 15) is 14.4 Å². The van der Waals surface area contributed by atoms with Crippen LogP contribution in [0, 0.1) is 5.82 Å². The Hall–Kier alpha value is -4.98. The number of amides is 3. The molecule has 2 aromatic heterocycles. The largest absolute Gasteiger partial charge is 0.496 e. The number of nitrogens with one attached hydrogen (secondary N) is 3. The predicted molar refractivity (Wildman–Crippen MR) is 219 cm³/mol. The van der Waals surface area contributed by atoms with Crippen LogP contribution >= 0.6 is 23.2 Å². The van der Waals surface area contributed by atoms with Crippen molar-refractivity contribution in [3.8, 4) is 28.1 Å². The number of nitrogens with zero attached hydrogens (tertiary/aromatic N) is 4. The van der Waals surface area contributed by atoms with Crippen LogP contribution in [-0.4, -0.2) is 82.1 Å². The second-order valence-electron chi connectivity index (χ2n) is 15.3. The molecule has 57 heavy (non-hydrogen) atoms. The molecule has 302 valence electrons. The maximum absolute atomic E-state index is 15.8. The van der Waals surface area contributed by atoms with Crippen molar-refractivity contribution >= 4 is 52.6 Å². The van der Waals surface area contributed by atoms with Crippen molar-refractivity contribution < 1.29 is 28.2 Å². The van der Waals surface area contributed by atoms with Crippen molar-refractivity contribution in [3.63, 3.8) is 0 Å². The summed E-state index contributed by atoms with van der Waals surface area (Å²) >= 11 is 14.1. The van der Waals surface area contributed by atoms with Gasteiger partial charge in [-0.15, -0.1) is 0 Å². The number of carbonyl (C=O) groups excluding carboxylic acids is 3. The molecule has 3 amide bonds. The molecule has 4 aromatic rings. The molecule has 4 heterocycles. The number of carbonyl (C=O) groups is 3. The molecule has 2 saturated heterocycles. The Morgan fingerprint density at radius 3 is 2.42 bits per heavy atom. The maximum atomic E-state index is 15.8. The summed E-state index contributed by atoms with van der Waals surface area (Å²) in [6.45, 7) is 9.12. The molecule has 0 saturated carbocycles. The Bertz CT molecular complexity index is 2120. The Morgan fingerprint density at radius 2 is 1.74 bits per heavy atom. The Balaban J connectivity index is 1.20. The third kappa shape index (κ3) is 10.3. The summed E-state index contributed by atoms with van der Waals surface area (Å²) in [4.78, 5) is 49.1. The minimum Gasteiger partial charge on any atom is -0.496 e. The van der Waals surface area contributed by atoms with Crippen molar-refractivity contribution in [2.45, 2.75) is 84.2 Å². The quantitative estimate of drug-likeness (QED) is 0.129. The maximum Gasteiger partial charge on any atom is 0.410 e. The number of anilines is 2. The van der Waals surface area contributed by atoms with E-state index in [0.29, 0.717) is 81.9 Å². The number of hydrogen-bond acceptors (Lipinski definition) is 9. The van der Waals surface area contributed by atoms with Crippen molar-refractivity contribution in [3.05, 3.63) is 87.9 Å². The predicted octanol–water partition coefficient (Wildman–Crippen LogP) is 8.12. The van der Waals surface area contributed by atoms with E-state index in [4.69, 9.17) is 32.7 Å². The second kappa shape index (κ2) is 18.1. The lowest BCUT2D eigenvalue weighted by atomic mass is 10.0. The van der Waals surface area contributed by atoms with E-state index in [0.717, 1.165) is 18.4 Å². The Morgan fingerprint density at radius 1 is 1.00 bits per heavy atom. The highest BCUT2D eigenvalue weighted by atomic mass is 35.5. The number of ether oxygens (including phenoxy) is 2. The first-order valence-electron chi connectivity index (χ1n) is 19.0. The summed E-state index contributed by atoms with van der Waals surface area (Å²) in [6, 6.07) is 14.3. The summed E-state index contributed by atoms with van der Waals surface area (Å²) < 4.78 is 27.3. The molecule has 2 fully saturated rings.